The Balaban J connectivity index is 1.72. The van der Waals surface area contributed by atoms with Gasteiger partial charge in [0.25, 0.3) is 5.91 Å². The summed E-state index contributed by atoms with van der Waals surface area (Å²) in [5, 5.41) is 13.1. The van der Waals surface area contributed by atoms with Gasteiger partial charge in [-0.15, -0.1) is 16.8 Å². The number of rotatable bonds is 9. The number of allylic oxidation sites excluding steroid dienone is 1. The zero-order chi connectivity index (χ0) is 21.5. The maximum atomic E-state index is 12.2. The minimum atomic E-state index is -0.0429. The number of carbonyl (C=O) groups is 1. The lowest BCUT2D eigenvalue weighted by atomic mass is 10.1. The van der Waals surface area contributed by atoms with Gasteiger partial charge in [-0.25, -0.2) is 0 Å². The van der Waals surface area contributed by atoms with E-state index >= 15 is 0 Å². The van der Waals surface area contributed by atoms with Gasteiger partial charge in [-0.05, 0) is 43.2 Å². The normalized spacial score (nSPS) is 11.8. The Kier molecular flexibility index (Phi) is 7.71. The van der Waals surface area contributed by atoms with E-state index in [-0.39, 0.29) is 11.9 Å². The zero-order valence-electron chi connectivity index (χ0n) is 17.1. The molecule has 0 aliphatic rings. The lowest BCUT2D eigenvalue weighted by Crippen LogP contribution is -2.31. The second-order valence-electron chi connectivity index (χ2n) is 6.95. The van der Waals surface area contributed by atoms with Crippen molar-refractivity contribution in [1.29, 1.82) is 0 Å². The number of hydrogen-bond acceptors (Lipinski definition) is 4. The number of nitrogens with zero attached hydrogens (tertiary/aromatic N) is 3. The van der Waals surface area contributed by atoms with Gasteiger partial charge < -0.3 is 5.32 Å². The number of halogens is 1. The van der Waals surface area contributed by atoms with Gasteiger partial charge in [0.15, 0.2) is 11.0 Å². The summed E-state index contributed by atoms with van der Waals surface area (Å²) in [5.74, 6) is 1.39. The topological polar surface area (TPSA) is 59.8 Å². The molecule has 1 aromatic heterocycles. The number of hydrogen-bond donors (Lipinski definition) is 1. The van der Waals surface area contributed by atoms with Crippen molar-refractivity contribution >= 4 is 29.3 Å². The van der Waals surface area contributed by atoms with E-state index in [1.807, 2.05) is 73.0 Å². The largest absolute Gasteiger partial charge is 0.350 e. The molecule has 5 nitrogen and oxygen atoms in total. The van der Waals surface area contributed by atoms with E-state index in [0.717, 1.165) is 28.5 Å². The number of benzene rings is 2. The molecule has 0 aliphatic carbocycles. The first-order chi connectivity index (χ1) is 14.5. The molecular weight excluding hydrogens is 416 g/mol. The summed E-state index contributed by atoms with van der Waals surface area (Å²) in [7, 11) is 0. The molecule has 1 amide bonds. The van der Waals surface area contributed by atoms with Crippen molar-refractivity contribution in [3.05, 3.63) is 77.3 Å². The van der Waals surface area contributed by atoms with Crippen LogP contribution < -0.4 is 5.32 Å². The van der Waals surface area contributed by atoms with Crippen LogP contribution in [0.2, 0.25) is 5.02 Å². The Hall–Kier alpha value is -2.57. The van der Waals surface area contributed by atoms with Crippen LogP contribution >= 0.6 is 23.4 Å². The molecule has 0 fully saturated rings. The van der Waals surface area contributed by atoms with Crippen molar-refractivity contribution < 1.29 is 4.79 Å². The fourth-order valence-corrected chi connectivity index (χ4v) is 3.96. The van der Waals surface area contributed by atoms with E-state index in [2.05, 4.69) is 22.1 Å². The summed E-state index contributed by atoms with van der Waals surface area (Å²) in [6.07, 6.45) is 2.72. The molecule has 3 aromatic rings. The second kappa shape index (κ2) is 10.5. The molecule has 0 saturated heterocycles. The molecule has 1 heterocycles. The predicted octanol–water partition coefficient (Wildman–Crippen LogP) is 5.61. The third kappa shape index (κ3) is 5.32. The quantitative estimate of drug-likeness (QED) is 0.347. The lowest BCUT2D eigenvalue weighted by molar-refractivity contribution is 0.0939. The van der Waals surface area contributed by atoms with E-state index in [1.54, 1.807) is 11.8 Å². The van der Waals surface area contributed by atoms with Crippen LogP contribution in [0.25, 0.3) is 11.4 Å². The zero-order valence-corrected chi connectivity index (χ0v) is 18.7. The van der Waals surface area contributed by atoms with Gasteiger partial charge >= 0.3 is 0 Å². The van der Waals surface area contributed by atoms with Crippen LogP contribution in [0.1, 0.15) is 36.2 Å². The third-order valence-corrected chi connectivity index (χ3v) is 6.08. The van der Waals surface area contributed by atoms with Gasteiger partial charge in [0.05, 0.1) is 5.02 Å². The highest BCUT2D eigenvalue weighted by molar-refractivity contribution is 7.98. The van der Waals surface area contributed by atoms with Gasteiger partial charge in [-0.2, -0.15) is 0 Å². The number of aromatic nitrogens is 3. The molecule has 7 heteroatoms. The average Bonchev–Trinajstić information content (AvgIpc) is 3.15. The molecule has 2 aromatic carbocycles. The number of nitrogens with one attached hydrogen (secondary N) is 1. The standard InChI is InChI=1S/C23H25ClN4OS/c1-4-14-28-21(19-8-6-7-9-20(19)24)26-27-23(28)30-15-17-10-12-18(13-11-17)22(29)25-16(3)5-2/h4,6-13,16H,1,5,14-15H2,2-3H3,(H,25,29)/t16-/m0/s1. The molecule has 0 saturated carbocycles. The number of thioether (sulfide) groups is 1. The van der Waals surface area contributed by atoms with Gasteiger partial charge in [0.1, 0.15) is 0 Å². The summed E-state index contributed by atoms with van der Waals surface area (Å²) in [4.78, 5) is 12.2. The van der Waals surface area contributed by atoms with E-state index in [9.17, 15) is 4.79 Å². The maximum absolute atomic E-state index is 12.2. The summed E-state index contributed by atoms with van der Waals surface area (Å²) in [6.45, 7) is 8.48. The smallest absolute Gasteiger partial charge is 0.251 e. The molecule has 0 aliphatic heterocycles. The molecule has 3 rings (SSSR count). The highest BCUT2D eigenvalue weighted by Crippen LogP contribution is 2.30. The molecular formula is C23H25ClN4OS. The molecule has 0 bridgehead atoms. The first-order valence-electron chi connectivity index (χ1n) is 9.85. The predicted molar refractivity (Wildman–Crippen MR) is 124 cm³/mol. The second-order valence-corrected chi connectivity index (χ2v) is 8.30. The average molecular weight is 441 g/mol. The minimum Gasteiger partial charge on any atom is -0.350 e. The molecule has 0 spiro atoms. The van der Waals surface area contributed by atoms with Crippen molar-refractivity contribution in [3.8, 4) is 11.4 Å². The lowest BCUT2D eigenvalue weighted by Gasteiger charge is -2.11. The van der Waals surface area contributed by atoms with E-state index in [0.29, 0.717) is 22.9 Å². The van der Waals surface area contributed by atoms with Crippen LogP contribution in [-0.2, 0) is 12.3 Å². The first kappa shape index (κ1) is 22.1. The monoisotopic (exact) mass is 440 g/mol. The Morgan fingerprint density at radius 2 is 1.97 bits per heavy atom. The van der Waals surface area contributed by atoms with Crippen molar-refractivity contribution in [3.63, 3.8) is 0 Å². The third-order valence-electron chi connectivity index (χ3n) is 4.72. The minimum absolute atomic E-state index is 0.0429. The highest BCUT2D eigenvalue weighted by atomic mass is 35.5. The molecule has 1 atom stereocenters. The van der Waals surface area contributed by atoms with Crippen LogP contribution in [-0.4, -0.2) is 26.7 Å². The number of carbonyl (C=O) groups excluding carboxylic acids is 1. The summed E-state index contributed by atoms with van der Waals surface area (Å²) < 4.78 is 2.01. The SMILES string of the molecule is C=CCn1c(SCc2ccc(C(=O)N[C@@H](C)CC)cc2)nnc1-c1ccccc1Cl. The van der Waals surface area contributed by atoms with Crippen LogP contribution in [0.4, 0.5) is 0 Å². The van der Waals surface area contributed by atoms with Crippen molar-refractivity contribution in [2.45, 2.75) is 43.8 Å². The summed E-state index contributed by atoms with van der Waals surface area (Å²) >= 11 is 7.94. The van der Waals surface area contributed by atoms with Crippen LogP contribution in [0.3, 0.4) is 0 Å². The van der Waals surface area contributed by atoms with Crippen LogP contribution in [0.5, 0.6) is 0 Å². The van der Waals surface area contributed by atoms with E-state index < -0.39 is 0 Å². The Morgan fingerprint density at radius 1 is 1.23 bits per heavy atom. The van der Waals surface area contributed by atoms with Crippen molar-refractivity contribution in [2.24, 2.45) is 0 Å². The molecule has 0 unspecified atom stereocenters. The van der Waals surface area contributed by atoms with Crippen molar-refractivity contribution in [2.75, 3.05) is 0 Å². The summed E-state index contributed by atoms with van der Waals surface area (Å²) in [6, 6.07) is 15.4. The van der Waals surface area contributed by atoms with E-state index in [4.69, 9.17) is 11.6 Å². The number of amides is 1. The van der Waals surface area contributed by atoms with Gasteiger partial charge in [0, 0.05) is 29.5 Å². The molecule has 156 valence electrons. The highest BCUT2D eigenvalue weighted by Gasteiger charge is 2.16. The van der Waals surface area contributed by atoms with Gasteiger partial charge in [-0.3, -0.25) is 9.36 Å². The van der Waals surface area contributed by atoms with E-state index in [1.165, 1.54) is 0 Å². The van der Waals surface area contributed by atoms with Crippen molar-refractivity contribution in [1.82, 2.24) is 20.1 Å². The molecule has 1 N–H and O–H groups in total. The Morgan fingerprint density at radius 3 is 2.63 bits per heavy atom. The van der Waals surface area contributed by atoms with Crippen LogP contribution in [0.15, 0.2) is 66.3 Å². The fraction of sp³-hybridized carbons (Fsp3) is 0.261. The summed E-state index contributed by atoms with van der Waals surface area (Å²) in [5.41, 5.74) is 2.62. The Labute approximate surface area is 186 Å². The van der Waals surface area contributed by atoms with Gasteiger partial charge in [-0.1, -0.05) is 60.6 Å². The fourth-order valence-electron chi connectivity index (χ4n) is 2.84. The molecule has 0 radical (unpaired) electrons. The maximum Gasteiger partial charge on any atom is 0.251 e. The molecule has 30 heavy (non-hydrogen) atoms. The van der Waals surface area contributed by atoms with Gasteiger partial charge in [0.2, 0.25) is 0 Å². The Bertz CT molecular complexity index is 1020. The van der Waals surface area contributed by atoms with Crippen LogP contribution in [0, 0.1) is 0 Å². The first-order valence-corrected chi connectivity index (χ1v) is 11.2.